The molecule has 1 saturated heterocycles. The molecule has 1 aliphatic carbocycles. The highest BCUT2D eigenvalue weighted by Crippen LogP contribution is 2.35. The van der Waals surface area contributed by atoms with Crippen molar-refractivity contribution >= 4 is 22.8 Å². The van der Waals surface area contributed by atoms with Crippen LogP contribution in [0.1, 0.15) is 44.9 Å². The molecular formula is C24H28FN5O2. The van der Waals surface area contributed by atoms with Crippen LogP contribution in [0.5, 0.6) is 0 Å². The molecule has 168 valence electrons. The minimum Gasteiger partial charge on any atom is -0.355 e. The van der Waals surface area contributed by atoms with Crippen molar-refractivity contribution < 1.29 is 13.7 Å². The molecule has 1 atom stereocenters. The van der Waals surface area contributed by atoms with Crippen molar-refractivity contribution in [2.45, 2.75) is 51.0 Å². The van der Waals surface area contributed by atoms with Crippen LogP contribution in [0, 0.1) is 11.7 Å². The van der Waals surface area contributed by atoms with E-state index in [9.17, 15) is 9.18 Å². The second-order valence-electron chi connectivity index (χ2n) is 8.94. The van der Waals surface area contributed by atoms with Gasteiger partial charge in [0.15, 0.2) is 0 Å². The number of piperidine rings is 1. The molecule has 7 nitrogen and oxygen atoms in total. The Balaban J connectivity index is 1.42. The Hall–Kier alpha value is -3.03. The standard InChI is InChI=1S/C24H28FN5O2/c1-29(19-7-3-2-4-8-19)24(31)17-6-5-13-30(14-17)22-20-21(16-9-11-18(25)12-10-16)28-32-23(20)27-15-26-22/h9-12,15,17,19H,2-8,13-14H2,1H3/t17-/m1/s1. The Bertz CT molecular complexity index is 1090. The van der Waals surface area contributed by atoms with Crippen LogP contribution >= 0.6 is 0 Å². The summed E-state index contributed by atoms with van der Waals surface area (Å²) >= 11 is 0. The predicted molar refractivity (Wildman–Crippen MR) is 120 cm³/mol. The summed E-state index contributed by atoms with van der Waals surface area (Å²) in [5, 5.41) is 4.89. The fourth-order valence-corrected chi connectivity index (χ4v) is 5.12. The van der Waals surface area contributed by atoms with E-state index in [1.165, 1.54) is 37.7 Å². The lowest BCUT2D eigenvalue weighted by molar-refractivity contribution is -0.137. The maximum absolute atomic E-state index is 13.4. The Morgan fingerprint density at radius 1 is 1.09 bits per heavy atom. The highest BCUT2D eigenvalue weighted by Gasteiger charge is 2.33. The number of carbonyl (C=O) groups excluding carboxylic acids is 1. The summed E-state index contributed by atoms with van der Waals surface area (Å²) in [6, 6.07) is 6.50. The lowest BCUT2D eigenvalue weighted by Crippen LogP contribution is -2.47. The minimum atomic E-state index is -0.308. The van der Waals surface area contributed by atoms with Crippen molar-refractivity contribution in [3.8, 4) is 11.3 Å². The van der Waals surface area contributed by atoms with Gasteiger partial charge in [-0.05, 0) is 49.9 Å². The molecule has 0 N–H and O–H groups in total. The highest BCUT2D eigenvalue weighted by molar-refractivity contribution is 5.98. The first-order valence-corrected chi connectivity index (χ1v) is 11.5. The van der Waals surface area contributed by atoms with Crippen LogP contribution in [-0.2, 0) is 4.79 Å². The van der Waals surface area contributed by atoms with Crippen molar-refractivity contribution in [2.24, 2.45) is 5.92 Å². The molecule has 5 rings (SSSR count). The number of anilines is 1. The van der Waals surface area contributed by atoms with Crippen LogP contribution in [0.4, 0.5) is 10.2 Å². The summed E-state index contributed by atoms with van der Waals surface area (Å²) in [5.74, 6) is 0.580. The summed E-state index contributed by atoms with van der Waals surface area (Å²) in [6.07, 6.45) is 9.16. The van der Waals surface area contributed by atoms with Gasteiger partial charge in [0, 0.05) is 31.7 Å². The number of amides is 1. The molecule has 1 aromatic carbocycles. The second kappa shape index (κ2) is 8.84. The normalized spacial score (nSPS) is 19.9. The molecule has 0 spiro atoms. The smallest absolute Gasteiger partial charge is 0.263 e. The number of hydrogen-bond donors (Lipinski definition) is 0. The SMILES string of the molecule is CN(C(=O)[C@@H]1CCCN(c2ncnc3onc(-c4ccc(F)cc4)c23)C1)C1CCCCC1. The third-order valence-electron chi connectivity index (χ3n) is 6.91. The summed E-state index contributed by atoms with van der Waals surface area (Å²) in [6.45, 7) is 1.41. The van der Waals surface area contributed by atoms with Crippen LogP contribution in [-0.4, -0.2) is 52.1 Å². The average Bonchev–Trinajstić information content (AvgIpc) is 3.28. The number of fused-ring (bicyclic) bond motifs is 1. The maximum Gasteiger partial charge on any atom is 0.263 e. The van der Waals surface area contributed by atoms with E-state index < -0.39 is 0 Å². The molecule has 0 bridgehead atoms. The van der Waals surface area contributed by atoms with E-state index in [0.717, 1.165) is 37.8 Å². The summed E-state index contributed by atoms with van der Waals surface area (Å²) in [4.78, 5) is 26.2. The first kappa shape index (κ1) is 20.8. The van der Waals surface area contributed by atoms with E-state index in [2.05, 4.69) is 20.0 Å². The van der Waals surface area contributed by atoms with Crippen LogP contribution in [0.3, 0.4) is 0 Å². The third kappa shape index (κ3) is 3.94. The van der Waals surface area contributed by atoms with Crippen molar-refractivity contribution in [3.05, 3.63) is 36.4 Å². The van der Waals surface area contributed by atoms with Gasteiger partial charge < -0.3 is 14.3 Å². The molecule has 1 amide bonds. The summed E-state index contributed by atoms with van der Waals surface area (Å²) < 4.78 is 18.9. The highest BCUT2D eigenvalue weighted by atomic mass is 19.1. The monoisotopic (exact) mass is 437 g/mol. The number of nitrogens with zero attached hydrogens (tertiary/aromatic N) is 5. The zero-order valence-corrected chi connectivity index (χ0v) is 18.3. The van der Waals surface area contributed by atoms with Gasteiger partial charge in [0.25, 0.3) is 5.71 Å². The van der Waals surface area contributed by atoms with Crippen molar-refractivity contribution in [1.82, 2.24) is 20.0 Å². The summed E-state index contributed by atoms with van der Waals surface area (Å²) in [7, 11) is 1.97. The molecule has 1 aliphatic heterocycles. The molecule has 0 unspecified atom stereocenters. The largest absolute Gasteiger partial charge is 0.355 e. The number of aromatic nitrogens is 3. The van der Waals surface area contributed by atoms with Gasteiger partial charge in [0.1, 0.15) is 29.0 Å². The number of rotatable bonds is 4. The predicted octanol–water partition coefficient (Wildman–Crippen LogP) is 4.43. The van der Waals surface area contributed by atoms with Crippen molar-refractivity contribution in [3.63, 3.8) is 0 Å². The number of benzene rings is 1. The molecular weight excluding hydrogens is 409 g/mol. The van der Waals surface area contributed by atoms with Gasteiger partial charge in [0.2, 0.25) is 5.91 Å². The third-order valence-corrected chi connectivity index (χ3v) is 6.91. The molecule has 3 heterocycles. The van der Waals surface area contributed by atoms with E-state index in [1.807, 2.05) is 11.9 Å². The average molecular weight is 438 g/mol. The van der Waals surface area contributed by atoms with E-state index in [0.29, 0.717) is 35.2 Å². The van der Waals surface area contributed by atoms with Gasteiger partial charge in [-0.2, -0.15) is 4.98 Å². The number of carbonyl (C=O) groups is 1. The Labute approximate surface area is 186 Å². The lowest BCUT2D eigenvalue weighted by atomic mass is 9.91. The van der Waals surface area contributed by atoms with E-state index in [-0.39, 0.29) is 17.6 Å². The lowest BCUT2D eigenvalue weighted by Gasteiger charge is -2.38. The maximum atomic E-state index is 13.4. The Morgan fingerprint density at radius 2 is 1.88 bits per heavy atom. The molecule has 3 aromatic rings. The molecule has 8 heteroatoms. The van der Waals surface area contributed by atoms with Crippen molar-refractivity contribution in [1.29, 1.82) is 0 Å². The first-order valence-electron chi connectivity index (χ1n) is 11.5. The van der Waals surface area contributed by atoms with Crippen LogP contribution < -0.4 is 4.90 Å². The molecule has 2 aromatic heterocycles. The van der Waals surface area contributed by atoms with Crippen LogP contribution in [0.25, 0.3) is 22.4 Å². The zero-order chi connectivity index (χ0) is 22.1. The van der Waals surface area contributed by atoms with Gasteiger partial charge >= 0.3 is 0 Å². The van der Waals surface area contributed by atoms with Crippen LogP contribution in [0.2, 0.25) is 0 Å². The Kier molecular flexibility index (Phi) is 5.76. The fraction of sp³-hybridized carbons (Fsp3) is 0.500. The first-order chi connectivity index (χ1) is 15.6. The molecule has 2 aliphatic rings. The van der Waals surface area contributed by atoms with E-state index >= 15 is 0 Å². The molecule has 2 fully saturated rings. The number of halogens is 1. The Morgan fingerprint density at radius 3 is 2.66 bits per heavy atom. The van der Waals surface area contributed by atoms with Crippen LogP contribution in [0.15, 0.2) is 35.1 Å². The van der Waals surface area contributed by atoms with Gasteiger partial charge in [-0.15, -0.1) is 0 Å². The van der Waals surface area contributed by atoms with Gasteiger partial charge in [-0.3, -0.25) is 4.79 Å². The molecule has 1 saturated carbocycles. The van der Waals surface area contributed by atoms with Gasteiger partial charge in [0.05, 0.1) is 5.92 Å². The van der Waals surface area contributed by atoms with E-state index in [1.54, 1.807) is 12.1 Å². The number of hydrogen-bond acceptors (Lipinski definition) is 6. The quantitative estimate of drug-likeness (QED) is 0.601. The van der Waals surface area contributed by atoms with E-state index in [4.69, 9.17) is 4.52 Å². The van der Waals surface area contributed by atoms with Gasteiger partial charge in [-0.25, -0.2) is 9.37 Å². The topological polar surface area (TPSA) is 75.4 Å². The summed E-state index contributed by atoms with van der Waals surface area (Å²) in [5.41, 5.74) is 1.72. The fourth-order valence-electron chi connectivity index (χ4n) is 5.12. The molecule has 0 radical (unpaired) electrons. The van der Waals surface area contributed by atoms with Crippen molar-refractivity contribution in [2.75, 3.05) is 25.0 Å². The second-order valence-corrected chi connectivity index (χ2v) is 8.94. The zero-order valence-electron chi connectivity index (χ0n) is 18.3. The minimum absolute atomic E-state index is 0.0603. The van der Waals surface area contributed by atoms with Gasteiger partial charge in [-0.1, -0.05) is 24.4 Å². The molecule has 32 heavy (non-hydrogen) atoms.